The molecule has 0 radical (unpaired) electrons. The highest BCUT2D eigenvalue weighted by Gasteiger charge is 2.26. The summed E-state index contributed by atoms with van der Waals surface area (Å²) in [5, 5.41) is 2.77. The summed E-state index contributed by atoms with van der Waals surface area (Å²) in [5.41, 5.74) is 1.72. The van der Waals surface area contributed by atoms with E-state index in [1.807, 2.05) is 12.1 Å². The summed E-state index contributed by atoms with van der Waals surface area (Å²) in [4.78, 5) is 39.7. The van der Waals surface area contributed by atoms with Gasteiger partial charge in [-0.15, -0.1) is 0 Å². The molecule has 1 aromatic carbocycles. The molecule has 2 rings (SSSR count). The highest BCUT2D eigenvalue weighted by molar-refractivity contribution is 5.97. The summed E-state index contributed by atoms with van der Waals surface area (Å²) in [6.07, 6.45) is 0. The van der Waals surface area contributed by atoms with E-state index in [-0.39, 0.29) is 23.1 Å². The molecule has 3 amide bonds. The molecule has 142 valence electrons. The second-order valence-corrected chi connectivity index (χ2v) is 7.85. The molecule has 0 saturated carbocycles. The molecule has 1 fully saturated rings. The standard InChI is InChI=1S/C20H29N3O3/c1-14(19(26)23-12-10-22(11-13-23)15(2)24)21-18(25)16-6-8-17(9-7-16)20(3,4)5/h6-9,14H,10-13H2,1-5H3,(H,21,25). The minimum Gasteiger partial charge on any atom is -0.341 e. The molecule has 1 saturated heterocycles. The summed E-state index contributed by atoms with van der Waals surface area (Å²) in [6, 6.07) is 6.87. The normalized spacial score (nSPS) is 16.2. The van der Waals surface area contributed by atoms with Crippen LogP contribution in [0.25, 0.3) is 0 Å². The van der Waals surface area contributed by atoms with Gasteiger partial charge in [-0.25, -0.2) is 0 Å². The number of benzene rings is 1. The van der Waals surface area contributed by atoms with Gasteiger partial charge in [-0.1, -0.05) is 32.9 Å². The third-order valence-corrected chi connectivity index (χ3v) is 4.77. The van der Waals surface area contributed by atoms with Crippen LogP contribution in [0.2, 0.25) is 0 Å². The van der Waals surface area contributed by atoms with E-state index in [0.717, 1.165) is 5.56 Å². The summed E-state index contributed by atoms with van der Waals surface area (Å²) in [6.45, 7) is 11.7. The fraction of sp³-hybridized carbons (Fsp3) is 0.550. The molecule has 1 heterocycles. The molecule has 6 nitrogen and oxygen atoms in total. The molecule has 1 atom stereocenters. The van der Waals surface area contributed by atoms with Crippen LogP contribution in [0.3, 0.4) is 0 Å². The van der Waals surface area contributed by atoms with Crippen LogP contribution in [0.5, 0.6) is 0 Å². The summed E-state index contributed by atoms with van der Waals surface area (Å²) < 4.78 is 0. The topological polar surface area (TPSA) is 69.7 Å². The van der Waals surface area contributed by atoms with Crippen molar-refractivity contribution >= 4 is 17.7 Å². The Hall–Kier alpha value is -2.37. The van der Waals surface area contributed by atoms with Crippen molar-refractivity contribution in [1.82, 2.24) is 15.1 Å². The predicted molar refractivity (Wildman–Crippen MR) is 101 cm³/mol. The van der Waals surface area contributed by atoms with Crippen LogP contribution in [0.1, 0.15) is 50.5 Å². The minimum absolute atomic E-state index is 0.0251. The summed E-state index contributed by atoms with van der Waals surface area (Å²) >= 11 is 0. The zero-order valence-corrected chi connectivity index (χ0v) is 16.3. The number of piperazine rings is 1. The Kier molecular flexibility index (Phi) is 6.05. The third kappa shape index (κ3) is 4.84. The van der Waals surface area contributed by atoms with E-state index < -0.39 is 6.04 Å². The van der Waals surface area contributed by atoms with Crippen molar-refractivity contribution in [2.75, 3.05) is 26.2 Å². The van der Waals surface area contributed by atoms with Gasteiger partial charge >= 0.3 is 0 Å². The lowest BCUT2D eigenvalue weighted by Gasteiger charge is -2.35. The number of carbonyl (C=O) groups excluding carboxylic acids is 3. The summed E-state index contributed by atoms with van der Waals surface area (Å²) in [7, 11) is 0. The first kappa shape index (κ1) is 19.9. The van der Waals surface area contributed by atoms with Crippen molar-refractivity contribution < 1.29 is 14.4 Å². The Balaban J connectivity index is 1.92. The molecule has 0 spiro atoms. The highest BCUT2D eigenvalue weighted by atomic mass is 16.2. The smallest absolute Gasteiger partial charge is 0.251 e. The predicted octanol–water partition coefficient (Wildman–Crippen LogP) is 1.79. The van der Waals surface area contributed by atoms with Crippen molar-refractivity contribution in [1.29, 1.82) is 0 Å². The van der Waals surface area contributed by atoms with Crippen LogP contribution in [-0.2, 0) is 15.0 Å². The molecule has 6 heteroatoms. The number of hydrogen-bond acceptors (Lipinski definition) is 3. The largest absolute Gasteiger partial charge is 0.341 e. The van der Waals surface area contributed by atoms with Crippen LogP contribution in [0, 0.1) is 0 Å². The number of nitrogens with zero attached hydrogens (tertiary/aromatic N) is 2. The van der Waals surface area contributed by atoms with Gasteiger partial charge in [-0.05, 0) is 30.0 Å². The van der Waals surface area contributed by atoms with Crippen LogP contribution in [0.4, 0.5) is 0 Å². The maximum Gasteiger partial charge on any atom is 0.251 e. The van der Waals surface area contributed by atoms with Crippen molar-refractivity contribution in [3.8, 4) is 0 Å². The van der Waals surface area contributed by atoms with E-state index in [9.17, 15) is 14.4 Å². The van der Waals surface area contributed by atoms with Gasteiger partial charge in [-0.2, -0.15) is 0 Å². The van der Waals surface area contributed by atoms with E-state index >= 15 is 0 Å². The Morgan fingerprint density at radius 2 is 1.46 bits per heavy atom. The molecule has 0 aromatic heterocycles. The molecule has 1 aliphatic rings. The van der Waals surface area contributed by atoms with Gasteiger partial charge < -0.3 is 15.1 Å². The van der Waals surface area contributed by atoms with E-state index in [2.05, 4.69) is 26.1 Å². The average molecular weight is 359 g/mol. The number of rotatable bonds is 3. The number of carbonyl (C=O) groups is 3. The molecule has 1 unspecified atom stereocenters. The van der Waals surface area contributed by atoms with Gasteiger partial charge in [0, 0.05) is 38.7 Å². The fourth-order valence-corrected chi connectivity index (χ4v) is 2.98. The van der Waals surface area contributed by atoms with E-state index in [1.165, 1.54) is 6.92 Å². The molecular formula is C20H29N3O3. The zero-order chi connectivity index (χ0) is 19.5. The SMILES string of the molecule is CC(=O)N1CCN(C(=O)C(C)NC(=O)c2ccc(C(C)(C)C)cc2)CC1. The first-order chi connectivity index (χ1) is 12.1. The maximum absolute atomic E-state index is 12.5. The Labute approximate surface area is 155 Å². The van der Waals surface area contributed by atoms with Crippen LogP contribution in [0.15, 0.2) is 24.3 Å². The molecule has 26 heavy (non-hydrogen) atoms. The average Bonchev–Trinajstić information content (AvgIpc) is 2.60. The minimum atomic E-state index is -0.603. The number of hydrogen-bond donors (Lipinski definition) is 1. The van der Waals surface area contributed by atoms with Crippen LogP contribution < -0.4 is 5.32 Å². The molecule has 0 aliphatic carbocycles. The second-order valence-electron chi connectivity index (χ2n) is 7.85. The van der Waals surface area contributed by atoms with Crippen molar-refractivity contribution in [2.45, 2.75) is 46.1 Å². The third-order valence-electron chi connectivity index (χ3n) is 4.77. The van der Waals surface area contributed by atoms with Gasteiger partial charge in [0.2, 0.25) is 11.8 Å². The van der Waals surface area contributed by atoms with Gasteiger partial charge in [0.15, 0.2) is 0 Å². The lowest BCUT2D eigenvalue weighted by Crippen LogP contribution is -2.54. The van der Waals surface area contributed by atoms with Crippen LogP contribution >= 0.6 is 0 Å². The highest BCUT2D eigenvalue weighted by Crippen LogP contribution is 2.22. The Morgan fingerprint density at radius 1 is 0.962 bits per heavy atom. The van der Waals surface area contributed by atoms with E-state index in [0.29, 0.717) is 31.7 Å². The van der Waals surface area contributed by atoms with Crippen molar-refractivity contribution in [3.63, 3.8) is 0 Å². The Bertz CT molecular complexity index is 669. The number of nitrogens with one attached hydrogen (secondary N) is 1. The van der Waals surface area contributed by atoms with Crippen molar-refractivity contribution in [3.05, 3.63) is 35.4 Å². The molecule has 0 bridgehead atoms. The first-order valence-electron chi connectivity index (χ1n) is 9.05. The molecular weight excluding hydrogens is 330 g/mol. The quantitative estimate of drug-likeness (QED) is 0.895. The maximum atomic E-state index is 12.5. The molecule has 1 aromatic rings. The van der Waals surface area contributed by atoms with E-state index in [4.69, 9.17) is 0 Å². The van der Waals surface area contributed by atoms with Gasteiger partial charge in [0.05, 0.1) is 0 Å². The van der Waals surface area contributed by atoms with E-state index in [1.54, 1.807) is 28.9 Å². The Morgan fingerprint density at radius 3 is 1.92 bits per heavy atom. The number of amides is 3. The van der Waals surface area contributed by atoms with Crippen LogP contribution in [-0.4, -0.2) is 59.7 Å². The zero-order valence-electron chi connectivity index (χ0n) is 16.3. The van der Waals surface area contributed by atoms with Gasteiger partial charge in [-0.3, -0.25) is 14.4 Å². The monoisotopic (exact) mass is 359 g/mol. The van der Waals surface area contributed by atoms with Crippen molar-refractivity contribution in [2.24, 2.45) is 0 Å². The lowest BCUT2D eigenvalue weighted by atomic mass is 9.86. The van der Waals surface area contributed by atoms with Gasteiger partial charge in [0.25, 0.3) is 5.91 Å². The second kappa shape index (κ2) is 7.89. The molecule has 1 N–H and O–H groups in total. The molecule has 1 aliphatic heterocycles. The first-order valence-corrected chi connectivity index (χ1v) is 9.05. The van der Waals surface area contributed by atoms with Gasteiger partial charge in [0.1, 0.15) is 6.04 Å². The summed E-state index contributed by atoms with van der Waals surface area (Å²) in [5.74, 6) is -0.348. The lowest BCUT2D eigenvalue weighted by molar-refractivity contribution is -0.139. The fourth-order valence-electron chi connectivity index (χ4n) is 2.98.